The molecule has 0 saturated heterocycles. The standard InChI is InChI=1S/C43H37N/c1-29-13-9-17-33(25-29)41(34-18-10-14-30(2)26-34)42-37-21-5-7-23-39(37)43(40-24-8-6-22-38(40)42)44(35-19-11-15-31(3)27-35)36-20-12-16-32(4)28-36/h5-28,41H,1-4H3. The van der Waals surface area contributed by atoms with E-state index in [1.165, 1.54) is 66.2 Å². The minimum absolute atomic E-state index is 0.0741. The van der Waals surface area contributed by atoms with Crippen molar-refractivity contribution < 1.29 is 0 Å². The van der Waals surface area contributed by atoms with Crippen LogP contribution < -0.4 is 4.90 Å². The molecular formula is C43H37N. The Labute approximate surface area is 261 Å². The minimum atomic E-state index is 0.0741. The lowest BCUT2D eigenvalue weighted by molar-refractivity contribution is 0.992. The van der Waals surface area contributed by atoms with E-state index in [1.54, 1.807) is 0 Å². The van der Waals surface area contributed by atoms with Crippen molar-refractivity contribution in [3.05, 3.63) is 185 Å². The lowest BCUT2D eigenvalue weighted by Gasteiger charge is -2.31. The molecule has 0 aliphatic rings. The van der Waals surface area contributed by atoms with Gasteiger partial charge in [0.2, 0.25) is 0 Å². The SMILES string of the molecule is Cc1cccc(C(c2cccc(C)c2)c2c3ccccc3c(N(c3cccc(C)c3)c3cccc(C)c3)c3ccccc23)c1. The summed E-state index contributed by atoms with van der Waals surface area (Å²) in [5, 5.41) is 5.04. The molecule has 0 fully saturated rings. The number of rotatable bonds is 6. The Morgan fingerprint density at radius 2 is 0.773 bits per heavy atom. The monoisotopic (exact) mass is 567 g/mol. The molecule has 7 aromatic rings. The van der Waals surface area contributed by atoms with Gasteiger partial charge in [0.25, 0.3) is 0 Å². The van der Waals surface area contributed by atoms with Crippen LogP contribution in [0.2, 0.25) is 0 Å². The molecule has 7 rings (SSSR count). The maximum Gasteiger partial charge on any atom is 0.0618 e. The zero-order chi connectivity index (χ0) is 30.2. The quantitative estimate of drug-likeness (QED) is 0.143. The average molecular weight is 568 g/mol. The number of hydrogen-bond acceptors (Lipinski definition) is 1. The third-order valence-corrected chi connectivity index (χ3v) is 8.73. The van der Waals surface area contributed by atoms with Crippen LogP contribution in [0.15, 0.2) is 146 Å². The third kappa shape index (κ3) is 5.05. The summed E-state index contributed by atoms with van der Waals surface area (Å²) in [6.07, 6.45) is 0. The van der Waals surface area contributed by atoms with Gasteiger partial charge in [0.05, 0.1) is 5.69 Å². The predicted molar refractivity (Wildman–Crippen MR) is 189 cm³/mol. The summed E-state index contributed by atoms with van der Waals surface area (Å²) in [6, 6.07) is 53.8. The molecule has 0 unspecified atom stereocenters. The molecule has 0 aromatic heterocycles. The van der Waals surface area contributed by atoms with Gasteiger partial charge in [-0.15, -0.1) is 0 Å². The van der Waals surface area contributed by atoms with Crippen molar-refractivity contribution in [3.8, 4) is 0 Å². The van der Waals surface area contributed by atoms with Gasteiger partial charge in [-0.05, 0) is 90.6 Å². The molecular weight excluding hydrogens is 530 g/mol. The second-order valence-corrected chi connectivity index (χ2v) is 12.1. The minimum Gasteiger partial charge on any atom is -0.309 e. The Bertz CT molecular complexity index is 1840. The molecule has 0 aliphatic carbocycles. The van der Waals surface area contributed by atoms with E-state index in [0.717, 1.165) is 11.4 Å². The summed E-state index contributed by atoms with van der Waals surface area (Å²) in [5.41, 5.74) is 12.5. The van der Waals surface area contributed by atoms with Gasteiger partial charge >= 0.3 is 0 Å². The number of hydrogen-bond donors (Lipinski definition) is 0. The van der Waals surface area contributed by atoms with Gasteiger partial charge in [0.1, 0.15) is 0 Å². The number of nitrogens with zero attached hydrogens (tertiary/aromatic N) is 1. The van der Waals surface area contributed by atoms with Crippen molar-refractivity contribution in [3.63, 3.8) is 0 Å². The van der Waals surface area contributed by atoms with Crippen LogP contribution in [0.25, 0.3) is 21.5 Å². The van der Waals surface area contributed by atoms with Crippen LogP contribution >= 0.6 is 0 Å². The van der Waals surface area contributed by atoms with E-state index in [1.807, 2.05) is 0 Å². The lowest BCUT2D eigenvalue weighted by Crippen LogP contribution is -2.13. The average Bonchev–Trinajstić information content (AvgIpc) is 3.02. The molecule has 0 spiro atoms. The molecule has 7 aromatic carbocycles. The molecule has 0 atom stereocenters. The molecule has 214 valence electrons. The van der Waals surface area contributed by atoms with E-state index < -0.39 is 0 Å². The van der Waals surface area contributed by atoms with Crippen LogP contribution in [0, 0.1) is 27.7 Å². The van der Waals surface area contributed by atoms with Crippen LogP contribution in [0.5, 0.6) is 0 Å². The number of anilines is 3. The van der Waals surface area contributed by atoms with Gasteiger partial charge in [-0.3, -0.25) is 0 Å². The van der Waals surface area contributed by atoms with Crippen molar-refractivity contribution >= 4 is 38.6 Å². The fraction of sp³-hybridized carbons (Fsp3) is 0.116. The van der Waals surface area contributed by atoms with E-state index >= 15 is 0 Å². The fourth-order valence-electron chi connectivity index (χ4n) is 6.86. The normalized spacial score (nSPS) is 11.4. The predicted octanol–water partition coefficient (Wildman–Crippen LogP) is 11.9. The molecule has 0 bridgehead atoms. The highest BCUT2D eigenvalue weighted by molar-refractivity contribution is 6.17. The van der Waals surface area contributed by atoms with Gasteiger partial charge in [0, 0.05) is 28.1 Å². The summed E-state index contributed by atoms with van der Waals surface area (Å²) >= 11 is 0. The highest BCUT2D eigenvalue weighted by Crippen LogP contribution is 2.49. The zero-order valence-corrected chi connectivity index (χ0v) is 25.9. The zero-order valence-electron chi connectivity index (χ0n) is 25.9. The van der Waals surface area contributed by atoms with Crippen molar-refractivity contribution in [2.75, 3.05) is 4.90 Å². The fourth-order valence-corrected chi connectivity index (χ4v) is 6.86. The van der Waals surface area contributed by atoms with Crippen molar-refractivity contribution in [1.29, 1.82) is 0 Å². The van der Waals surface area contributed by atoms with Crippen LogP contribution in [-0.2, 0) is 0 Å². The van der Waals surface area contributed by atoms with E-state index in [-0.39, 0.29) is 5.92 Å². The van der Waals surface area contributed by atoms with Gasteiger partial charge in [-0.25, -0.2) is 0 Å². The van der Waals surface area contributed by atoms with Crippen LogP contribution in [0.4, 0.5) is 17.1 Å². The molecule has 1 nitrogen and oxygen atoms in total. The molecule has 0 aliphatic heterocycles. The maximum atomic E-state index is 2.46. The maximum absolute atomic E-state index is 2.46. The van der Waals surface area contributed by atoms with Crippen molar-refractivity contribution in [1.82, 2.24) is 0 Å². The van der Waals surface area contributed by atoms with Gasteiger partial charge in [-0.2, -0.15) is 0 Å². The first kappa shape index (κ1) is 27.7. The van der Waals surface area contributed by atoms with Crippen LogP contribution in [-0.4, -0.2) is 0 Å². The summed E-state index contributed by atoms with van der Waals surface area (Å²) in [6.45, 7) is 8.73. The molecule has 1 heteroatoms. The molecule has 0 N–H and O–H groups in total. The summed E-state index contributed by atoms with van der Waals surface area (Å²) < 4.78 is 0. The molecule has 0 saturated carbocycles. The lowest BCUT2D eigenvalue weighted by atomic mass is 9.79. The van der Waals surface area contributed by atoms with Gasteiger partial charge in [-0.1, -0.05) is 132 Å². The van der Waals surface area contributed by atoms with Crippen molar-refractivity contribution in [2.45, 2.75) is 33.6 Å². The Morgan fingerprint density at radius 3 is 1.18 bits per heavy atom. The smallest absolute Gasteiger partial charge is 0.0618 e. The first-order chi connectivity index (χ1) is 21.5. The van der Waals surface area contributed by atoms with Crippen LogP contribution in [0.3, 0.4) is 0 Å². The number of benzene rings is 7. The van der Waals surface area contributed by atoms with Crippen LogP contribution in [0.1, 0.15) is 44.9 Å². The largest absolute Gasteiger partial charge is 0.309 e. The topological polar surface area (TPSA) is 3.24 Å². The Balaban J connectivity index is 1.63. The Kier molecular flexibility index (Phi) is 7.24. The van der Waals surface area contributed by atoms with E-state index in [9.17, 15) is 0 Å². The second-order valence-electron chi connectivity index (χ2n) is 12.1. The summed E-state index contributed by atoms with van der Waals surface area (Å²) in [7, 11) is 0. The summed E-state index contributed by atoms with van der Waals surface area (Å²) in [5.74, 6) is 0.0741. The molecule has 0 amide bonds. The number of aryl methyl sites for hydroxylation is 4. The van der Waals surface area contributed by atoms with E-state index in [4.69, 9.17) is 0 Å². The highest BCUT2D eigenvalue weighted by atomic mass is 15.1. The summed E-state index contributed by atoms with van der Waals surface area (Å²) in [4.78, 5) is 2.46. The van der Waals surface area contributed by atoms with Crippen molar-refractivity contribution in [2.24, 2.45) is 0 Å². The van der Waals surface area contributed by atoms with E-state index in [0.29, 0.717) is 0 Å². The Morgan fingerprint density at radius 1 is 0.386 bits per heavy atom. The molecule has 0 heterocycles. The van der Waals surface area contributed by atoms with Gasteiger partial charge < -0.3 is 4.90 Å². The highest BCUT2D eigenvalue weighted by Gasteiger charge is 2.27. The number of fused-ring (bicyclic) bond motifs is 2. The second kappa shape index (κ2) is 11.5. The third-order valence-electron chi connectivity index (χ3n) is 8.73. The first-order valence-corrected chi connectivity index (χ1v) is 15.5. The molecule has 44 heavy (non-hydrogen) atoms. The van der Waals surface area contributed by atoms with E-state index in [2.05, 4.69) is 178 Å². The Hall–Kier alpha value is -5.14. The van der Waals surface area contributed by atoms with Gasteiger partial charge in [0.15, 0.2) is 0 Å². The molecule has 0 radical (unpaired) electrons. The first-order valence-electron chi connectivity index (χ1n) is 15.5.